The molecule has 0 bridgehead atoms. The highest BCUT2D eigenvalue weighted by atomic mass is 16.6. The van der Waals surface area contributed by atoms with Crippen molar-refractivity contribution < 1.29 is 14.3 Å². The van der Waals surface area contributed by atoms with Gasteiger partial charge in [0.15, 0.2) is 0 Å². The summed E-state index contributed by atoms with van der Waals surface area (Å²) < 4.78 is 4.57. The minimum Gasteiger partial charge on any atom is -0.393 e. The Hall–Kier alpha value is -1.12. The Morgan fingerprint density at radius 2 is 2.11 bits per heavy atom. The zero-order valence-corrected chi connectivity index (χ0v) is 12.6. The topological polar surface area (TPSA) is 43.4 Å². The summed E-state index contributed by atoms with van der Waals surface area (Å²) in [5, 5.41) is 0. The van der Waals surface area contributed by atoms with E-state index in [1.165, 1.54) is 24.8 Å². The molecule has 0 saturated carbocycles. The van der Waals surface area contributed by atoms with Crippen LogP contribution in [0.1, 0.15) is 59.8 Å². The Morgan fingerprint density at radius 1 is 1.42 bits per heavy atom. The van der Waals surface area contributed by atoms with E-state index < -0.39 is 0 Å². The minimum absolute atomic E-state index is 0.241. The second kappa shape index (κ2) is 7.46. The number of rotatable bonds is 7. The first-order valence-electron chi connectivity index (χ1n) is 7.34. The smallest absolute Gasteiger partial charge is 0.317 e. The molecule has 108 valence electrons. The molecule has 0 spiro atoms. The molecule has 1 saturated heterocycles. The molecule has 0 aromatic carbocycles. The Morgan fingerprint density at radius 3 is 2.63 bits per heavy atom. The molecule has 1 heterocycles. The molecule has 19 heavy (non-hydrogen) atoms. The van der Waals surface area contributed by atoms with Gasteiger partial charge in [-0.2, -0.15) is 0 Å². The fourth-order valence-corrected chi connectivity index (χ4v) is 2.93. The van der Waals surface area contributed by atoms with E-state index in [9.17, 15) is 9.59 Å². The number of ether oxygens (including phenoxy) is 1. The standard InChI is InChI=1S/C16H26O3/c1-5-6-11(2)7-12(3)8-13(4)9-14-10-15(17)19-16(14)18/h8,11-12,14H,5-7,9-10H2,1-4H3/b13-8+. The quantitative estimate of drug-likeness (QED) is 0.399. The van der Waals surface area contributed by atoms with Gasteiger partial charge in [-0.1, -0.05) is 45.3 Å². The Balaban J connectivity index is 2.43. The van der Waals surface area contributed by atoms with Crippen molar-refractivity contribution in [1.29, 1.82) is 0 Å². The van der Waals surface area contributed by atoms with E-state index in [1.807, 2.05) is 6.92 Å². The highest BCUT2D eigenvalue weighted by Gasteiger charge is 2.33. The third-order valence-corrected chi connectivity index (χ3v) is 3.65. The monoisotopic (exact) mass is 266 g/mol. The zero-order chi connectivity index (χ0) is 14.4. The average Bonchev–Trinajstić information content (AvgIpc) is 2.56. The largest absolute Gasteiger partial charge is 0.393 e. The number of esters is 2. The predicted octanol–water partition coefficient (Wildman–Crippen LogP) is 3.87. The molecular weight excluding hydrogens is 240 g/mol. The molecule has 3 unspecified atom stereocenters. The lowest BCUT2D eigenvalue weighted by molar-refractivity contribution is -0.153. The van der Waals surface area contributed by atoms with E-state index in [1.54, 1.807) is 0 Å². The second-order valence-corrected chi connectivity index (χ2v) is 6.02. The molecule has 0 N–H and O–H groups in total. The number of cyclic esters (lactones) is 2. The Labute approximate surface area is 116 Å². The zero-order valence-electron chi connectivity index (χ0n) is 12.6. The first-order valence-corrected chi connectivity index (χ1v) is 7.34. The summed E-state index contributed by atoms with van der Waals surface area (Å²) in [5.74, 6) is 0.262. The Kier molecular flexibility index (Phi) is 6.26. The third kappa shape index (κ3) is 5.58. The van der Waals surface area contributed by atoms with Gasteiger partial charge in [0.1, 0.15) is 0 Å². The van der Waals surface area contributed by atoms with E-state index in [0.29, 0.717) is 12.3 Å². The maximum Gasteiger partial charge on any atom is 0.317 e. The molecule has 0 aliphatic carbocycles. The normalized spacial score (nSPS) is 23.4. The minimum atomic E-state index is -0.382. The summed E-state index contributed by atoms with van der Waals surface area (Å²) in [5.41, 5.74) is 1.19. The first kappa shape index (κ1) is 15.9. The molecular formula is C16H26O3. The van der Waals surface area contributed by atoms with Gasteiger partial charge in [0, 0.05) is 0 Å². The molecule has 1 rings (SSSR count). The number of carbonyl (C=O) groups excluding carboxylic acids is 2. The molecule has 1 fully saturated rings. The first-order chi connectivity index (χ1) is 8.92. The number of hydrogen-bond acceptors (Lipinski definition) is 3. The molecule has 0 radical (unpaired) electrons. The van der Waals surface area contributed by atoms with Crippen LogP contribution in [0, 0.1) is 17.8 Å². The van der Waals surface area contributed by atoms with Crippen LogP contribution in [0.15, 0.2) is 11.6 Å². The van der Waals surface area contributed by atoms with Gasteiger partial charge in [0.2, 0.25) is 0 Å². The molecule has 0 amide bonds. The van der Waals surface area contributed by atoms with E-state index in [-0.39, 0.29) is 24.3 Å². The van der Waals surface area contributed by atoms with Crippen LogP contribution in [0.4, 0.5) is 0 Å². The summed E-state index contributed by atoms with van der Waals surface area (Å²) >= 11 is 0. The van der Waals surface area contributed by atoms with Gasteiger partial charge < -0.3 is 4.74 Å². The maximum atomic E-state index is 11.4. The summed E-state index contributed by atoms with van der Waals surface area (Å²) in [6, 6.07) is 0. The molecule has 0 aromatic heterocycles. The highest BCUT2D eigenvalue weighted by molar-refractivity contribution is 5.94. The van der Waals surface area contributed by atoms with Gasteiger partial charge in [-0.05, 0) is 31.6 Å². The fraction of sp³-hybridized carbons (Fsp3) is 0.750. The van der Waals surface area contributed by atoms with Crippen molar-refractivity contribution in [2.75, 3.05) is 0 Å². The van der Waals surface area contributed by atoms with E-state index in [4.69, 9.17) is 0 Å². The fourth-order valence-electron chi connectivity index (χ4n) is 2.93. The molecule has 0 aromatic rings. The lowest BCUT2D eigenvalue weighted by Crippen LogP contribution is -2.08. The number of allylic oxidation sites excluding steroid dienone is 2. The van der Waals surface area contributed by atoms with Gasteiger partial charge in [-0.3, -0.25) is 9.59 Å². The van der Waals surface area contributed by atoms with Gasteiger partial charge in [-0.25, -0.2) is 0 Å². The average molecular weight is 266 g/mol. The third-order valence-electron chi connectivity index (χ3n) is 3.65. The van der Waals surface area contributed by atoms with Crippen molar-refractivity contribution >= 4 is 11.9 Å². The summed E-state index contributed by atoms with van der Waals surface area (Å²) in [6.07, 6.45) is 6.80. The van der Waals surface area contributed by atoms with Crippen molar-refractivity contribution in [3.8, 4) is 0 Å². The van der Waals surface area contributed by atoms with Gasteiger partial charge >= 0.3 is 11.9 Å². The van der Waals surface area contributed by atoms with Crippen LogP contribution in [-0.2, 0) is 14.3 Å². The van der Waals surface area contributed by atoms with Crippen molar-refractivity contribution in [3.63, 3.8) is 0 Å². The molecule has 1 aliphatic rings. The molecule has 3 atom stereocenters. The van der Waals surface area contributed by atoms with Crippen LogP contribution in [0.3, 0.4) is 0 Å². The van der Waals surface area contributed by atoms with Crippen LogP contribution in [-0.4, -0.2) is 11.9 Å². The predicted molar refractivity (Wildman–Crippen MR) is 75.4 cm³/mol. The van der Waals surface area contributed by atoms with Crippen molar-refractivity contribution in [2.24, 2.45) is 17.8 Å². The van der Waals surface area contributed by atoms with Crippen molar-refractivity contribution in [2.45, 2.75) is 59.8 Å². The SMILES string of the molecule is CCCC(C)CC(C)/C=C(\C)CC1CC(=O)OC1=O. The van der Waals surface area contributed by atoms with Crippen LogP contribution in [0.25, 0.3) is 0 Å². The van der Waals surface area contributed by atoms with Crippen molar-refractivity contribution in [3.05, 3.63) is 11.6 Å². The van der Waals surface area contributed by atoms with E-state index in [2.05, 4.69) is 31.6 Å². The van der Waals surface area contributed by atoms with Crippen LogP contribution < -0.4 is 0 Å². The van der Waals surface area contributed by atoms with Gasteiger partial charge in [0.05, 0.1) is 12.3 Å². The van der Waals surface area contributed by atoms with E-state index >= 15 is 0 Å². The van der Waals surface area contributed by atoms with Crippen LogP contribution in [0.5, 0.6) is 0 Å². The summed E-state index contributed by atoms with van der Waals surface area (Å²) in [7, 11) is 0. The van der Waals surface area contributed by atoms with Gasteiger partial charge in [-0.15, -0.1) is 0 Å². The number of hydrogen-bond donors (Lipinski definition) is 0. The van der Waals surface area contributed by atoms with Crippen molar-refractivity contribution in [1.82, 2.24) is 0 Å². The van der Waals surface area contributed by atoms with Crippen LogP contribution in [0.2, 0.25) is 0 Å². The molecule has 1 aliphatic heterocycles. The lowest BCUT2D eigenvalue weighted by Gasteiger charge is -2.15. The highest BCUT2D eigenvalue weighted by Crippen LogP contribution is 2.25. The summed E-state index contributed by atoms with van der Waals surface area (Å²) in [6.45, 7) is 8.76. The number of carbonyl (C=O) groups is 2. The second-order valence-electron chi connectivity index (χ2n) is 6.02. The summed E-state index contributed by atoms with van der Waals surface area (Å²) in [4.78, 5) is 22.4. The van der Waals surface area contributed by atoms with E-state index in [0.717, 1.165) is 5.92 Å². The molecule has 3 heteroatoms. The van der Waals surface area contributed by atoms with Crippen LogP contribution >= 0.6 is 0 Å². The Bertz CT molecular complexity index is 357. The molecule has 3 nitrogen and oxygen atoms in total. The maximum absolute atomic E-state index is 11.4. The van der Waals surface area contributed by atoms with Gasteiger partial charge in [0.25, 0.3) is 0 Å². The lowest BCUT2D eigenvalue weighted by atomic mass is 9.90.